The minimum Gasteiger partial charge on any atom is -0.356 e. The van der Waals surface area contributed by atoms with Crippen LogP contribution in [0.2, 0.25) is 0 Å². The summed E-state index contributed by atoms with van der Waals surface area (Å²) in [6.07, 6.45) is 4.15. The molecule has 0 spiro atoms. The minimum absolute atomic E-state index is 0.0930. The lowest BCUT2D eigenvalue weighted by atomic mass is 10.0. The first kappa shape index (κ1) is 16.4. The van der Waals surface area contributed by atoms with Crippen LogP contribution in [0.3, 0.4) is 0 Å². The highest BCUT2D eigenvalue weighted by Crippen LogP contribution is 2.40. The second kappa shape index (κ2) is 6.14. The van der Waals surface area contributed by atoms with Crippen molar-refractivity contribution in [3.05, 3.63) is 46.3 Å². The van der Waals surface area contributed by atoms with E-state index in [9.17, 15) is 9.59 Å². The Hall–Kier alpha value is -2.77. The van der Waals surface area contributed by atoms with Gasteiger partial charge >= 0.3 is 0 Å². The predicted octanol–water partition coefficient (Wildman–Crippen LogP) is 0.656. The van der Waals surface area contributed by atoms with Gasteiger partial charge in [0.05, 0.1) is 0 Å². The zero-order chi connectivity index (χ0) is 18.5. The Bertz CT molecular complexity index is 939. The van der Waals surface area contributed by atoms with E-state index in [1.54, 1.807) is 13.4 Å². The molecule has 0 bridgehead atoms. The first-order valence-electron chi connectivity index (χ1n) is 9.49. The monoisotopic (exact) mass is 366 g/mol. The van der Waals surface area contributed by atoms with Crippen molar-refractivity contribution in [2.24, 2.45) is 18.9 Å². The summed E-state index contributed by atoms with van der Waals surface area (Å²) in [6.45, 7) is 3.28. The number of carbonyl (C=O) groups excluding carboxylic acids is 1. The Morgan fingerprint density at radius 3 is 2.48 bits per heavy atom. The summed E-state index contributed by atoms with van der Waals surface area (Å²) in [5, 5.41) is 4.09. The van der Waals surface area contributed by atoms with E-state index < -0.39 is 0 Å². The van der Waals surface area contributed by atoms with Crippen LogP contribution >= 0.6 is 0 Å². The van der Waals surface area contributed by atoms with Crippen molar-refractivity contribution in [1.29, 1.82) is 0 Å². The number of fused-ring (bicyclic) bond motifs is 1. The maximum Gasteiger partial charge on any atom is 0.274 e. The minimum atomic E-state index is -0.212. The van der Waals surface area contributed by atoms with Gasteiger partial charge in [-0.3, -0.25) is 9.59 Å². The van der Waals surface area contributed by atoms with E-state index in [2.05, 4.69) is 26.0 Å². The molecule has 2 aliphatic heterocycles. The lowest BCUT2D eigenvalue weighted by molar-refractivity contribution is 0.0774. The fourth-order valence-corrected chi connectivity index (χ4v) is 4.26. The Labute approximate surface area is 156 Å². The van der Waals surface area contributed by atoms with Crippen LogP contribution in [0.25, 0.3) is 0 Å². The molecule has 2 atom stereocenters. The topological polar surface area (TPSA) is 84.2 Å². The van der Waals surface area contributed by atoms with Gasteiger partial charge in [-0.05, 0) is 18.9 Å². The molecule has 1 saturated carbocycles. The van der Waals surface area contributed by atoms with E-state index >= 15 is 0 Å². The number of aryl methyl sites for hydroxylation is 1. The van der Waals surface area contributed by atoms with E-state index in [0.717, 1.165) is 37.7 Å². The van der Waals surface area contributed by atoms with Crippen LogP contribution in [0, 0.1) is 11.8 Å². The standard InChI is InChI=1S/C19H22N6O2/c1-23-18(26)5-4-15(22-23)19(27)25-9-13-7-24(8-14(13)10-25)17-6-16(12-2-3-12)20-11-21-17/h4-6,11-14H,2-3,7-10H2,1H3. The number of hydrogen-bond donors (Lipinski definition) is 0. The Morgan fingerprint density at radius 2 is 1.81 bits per heavy atom. The zero-order valence-corrected chi connectivity index (χ0v) is 15.3. The molecular formula is C19H22N6O2. The second-order valence-corrected chi connectivity index (χ2v) is 7.89. The lowest BCUT2D eigenvalue weighted by Gasteiger charge is -2.22. The molecule has 5 rings (SSSR count). The Kier molecular flexibility index (Phi) is 3.73. The first-order chi connectivity index (χ1) is 13.1. The average molecular weight is 366 g/mol. The van der Waals surface area contributed by atoms with Crippen molar-refractivity contribution in [2.75, 3.05) is 31.1 Å². The molecule has 0 N–H and O–H groups in total. The highest BCUT2D eigenvalue weighted by atomic mass is 16.2. The number of hydrogen-bond acceptors (Lipinski definition) is 6. The number of amides is 1. The maximum absolute atomic E-state index is 12.7. The van der Waals surface area contributed by atoms with E-state index in [1.165, 1.54) is 29.7 Å². The highest BCUT2D eigenvalue weighted by molar-refractivity contribution is 5.92. The van der Waals surface area contributed by atoms with Crippen molar-refractivity contribution in [1.82, 2.24) is 24.6 Å². The van der Waals surface area contributed by atoms with Crippen molar-refractivity contribution < 1.29 is 4.79 Å². The molecule has 0 radical (unpaired) electrons. The van der Waals surface area contributed by atoms with Crippen LogP contribution in [-0.4, -0.2) is 56.7 Å². The van der Waals surface area contributed by atoms with Crippen LogP contribution in [0.1, 0.15) is 34.9 Å². The molecule has 2 unspecified atom stereocenters. The number of aromatic nitrogens is 4. The summed E-state index contributed by atoms with van der Waals surface area (Å²) in [5.74, 6) is 2.43. The average Bonchev–Trinajstić information content (AvgIpc) is 3.33. The summed E-state index contributed by atoms with van der Waals surface area (Å²) in [7, 11) is 1.56. The lowest BCUT2D eigenvalue weighted by Crippen LogP contribution is -2.35. The van der Waals surface area contributed by atoms with Crippen molar-refractivity contribution >= 4 is 11.7 Å². The molecule has 3 aliphatic rings. The number of anilines is 1. The number of likely N-dealkylation sites (tertiary alicyclic amines) is 1. The predicted molar refractivity (Wildman–Crippen MR) is 98.6 cm³/mol. The maximum atomic E-state index is 12.7. The van der Waals surface area contributed by atoms with Crippen LogP contribution in [0.4, 0.5) is 5.82 Å². The van der Waals surface area contributed by atoms with Gasteiger partial charge in [0.1, 0.15) is 17.8 Å². The van der Waals surface area contributed by atoms with E-state index in [4.69, 9.17) is 0 Å². The van der Waals surface area contributed by atoms with Gasteiger partial charge in [0.25, 0.3) is 11.5 Å². The van der Waals surface area contributed by atoms with Gasteiger partial charge in [0, 0.05) is 68.8 Å². The zero-order valence-electron chi connectivity index (χ0n) is 15.3. The molecule has 2 aromatic rings. The molecule has 8 heteroatoms. The van der Waals surface area contributed by atoms with Crippen molar-refractivity contribution in [3.8, 4) is 0 Å². The van der Waals surface area contributed by atoms with Crippen LogP contribution in [-0.2, 0) is 7.05 Å². The molecule has 1 aliphatic carbocycles. The molecule has 4 heterocycles. The molecule has 27 heavy (non-hydrogen) atoms. The molecule has 3 fully saturated rings. The largest absolute Gasteiger partial charge is 0.356 e. The second-order valence-electron chi connectivity index (χ2n) is 7.89. The third kappa shape index (κ3) is 2.98. The highest BCUT2D eigenvalue weighted by Gasteiger charge is 2.42. The first-order valence-corrected chi connectivity index (χ1v) is 9.49. The summed E-state index contributed by atoms with van der Waals surface area (Å²) >= 11 is 0. The third-order valence-electron chi connectivity index (χ3n) is 5.95. The SMILES string of the molecule is Cn1nc(C(=O)N2CC3CN(c4cc(C5CC5)ncn4)CC3C2)ccc1=O. The van der Waals surface area contributed by atoms with Gasteiger partial charge in [0.2, 0.25) is 0 Å². The summed E-state index contributed by atoms with van der Waals surface area (Å²) in [6, 6.07) is 5.05. The van der Waals surface area contributed by atoms with Crippen LogP contribution in [0.15, 0.2) is 29.3 Å². The summed E-state index contributed by atoms with van der Waals surface area (Å²) < 4.78 is 1.21. The molecule has 2 saturated heterocycles. The van der Waals surface area contributed by atoms with E-state index in [-0.39, 0.29) is 11.5 Å². The molecule has 2 aromatic heterocycles. The molecule has 140 valence electrons. The number of nitrogens with zero attached hydrogens (tertiary/aromatic N) is 6. The van der Waals surface area contributed by atoms with Crippen LogP contribution < -0.4 is 10.5 Å². The van der Waals surface area contributed by atoms with Gasteiger partial charge in [-0.15, -0.1) is 0 Å². The van der Waals surface area contributed by atoms with Gasteiger partial charge in [-0.2, -0.15) is 5.10 Å². The van der Waals surface area contributed by atoms with E-state index in [1.807, 2.05) is 4.90 Å². The number of carbonyl (C=O) groups is 1. The van der Waals surface area contributed by atoms with Crippen molar-refractivity contribution in [2.45, 2.75) is 18.8 Å². The summed E-state index contributed by atoms with van der Waals surface area (Å²) in [5.41, 5.74) is 1.28. The third-order valence-corrected chi connectivity index (χ3v) is 5.95. The van der Waals surface area contributed by atoms with Crippen molar-refractivity contribution in [3.63, 3.8) is 0 Å². The van der Waals surface area contributed by atoms with Gasteiger partial charge in [0.15, 0.2) is 0 Å². The Morgan fingerprint density at radius 1 is 1.07 bits per heavy atom. The molecule has 8 nitrogen and oxygen atoms in total. The fourth-order valence-electron chi connectivity index (χ4n) is 4.26. The molecule has 0 aromatic carbocycles. The van der Waals surface area contributed by atoms with Gasteiger partial charge in [-0.1, -0.05) is 0 Å². The van der Waals surface area contributed by atoms with Gasteiger partial charge in [-0.25, -0.2) is 14.6 Å². The van der Waals surface area contributed by atoms with Gasteiger partial charge < -0.3 is 9.80 Å². The summed E-state index contributed by atoms with van der Waals surface area (Å²) in [4.78, 5) is 37.3. The smallest absolute Gasteiger partial charge is 0.274 e. The molecule has 1 amide bonds. The fraction of sp³-hybridized carbons (Fsp3) is 0.526. The van der Waals surface area contributed by atoms with Crippen LogP contribution in [0.5, 0.6) is 0 Å². The quantitative estimate of drug-likeness (QED) is 0.793. The number of rotatable bonds is 3. The molecular weight excluding hydrogens is 344 g/mol. The normalized spacial score (nSPS) is 24.3. The Balaban J connectivity index is 1.26. The van der Waals surface area contributed by atoms with E-state index in [0.29, 0.717) is 23.4 Å².